The molecule has 0 aliphatic heterocycles. The molecule has 0 spiro atoms. The van der Waals surface area contributed by atoms with Crippen LogP contribution in [0, 0.1) is 0 Å². The zero-order chi connectivity index (χ0) is 16.5. The van der Waals surface area contributed by atoms with Gasteiger partial charge in [0.15, 0.2) is 5.96 Å². The standard InChI is InChI=1S/C18H26N4O.HI/c1-19-18(20-12-11-16-10-7-13-23-16)21-14-17(22(2)3)15-8-5-4-6-9-15;/h4-10,13,17H,11-12,14H2,1-3H3,(H2,19,20,21);1H. The third-order valence-corrected chi connectivity index (χ3v) is 3.74. The van der Waals surface area contributed by atoms with Crippen molar-refractivity contribution in [1.29, 1.82) is 0 Å². The molecule has 0 saturated heterocycles. The van der Waals surface area contributed by atoms with E-state index in [4.69, 9.17) is 4.42 Å². The van der Waals surface area contributed by atoms with Gasteiger partial charge in [-0.15, -0.1) is 24.0 Å². The van der Waals surface area contributed by atoms with Crippen molar-refractivity contribution in [1.82, 2.24) is 15.5 Å². The predicted octanol–water partition coefficient (Wildman–Crippen LogP) is 2.91. The average molecular weight is 442 g/mol. The van der Waals surface area contributed by atoms with Gasteiger partial charge in [0, 0.05) is 26.6 Å². The molecule has 1 aromatic carbocycles. The van der Waals surface area contributed by atoms with Gasteiger partial charge in [-0.3, -0.25) is 4.99 Å². The van der Waals surface area contributed by atoms with E-state index in [2.05, 4.69) is 58.9 Å². The summed E-state index contributed by atoms with van der Waals surface area (Å²) in [5.41, 5.74) is 1.29. The van der Waals surface area contributed by atoms with Crippen LogP contribution in [0.25, 0.3) is 0 Å². The third kappa shape index (κ3) is 6.52. The van der Waals surface area contributed by atoms with Crippen molar-refractivity contribution in [3.63, 3.8) is 0 Å². The zero-order valence-corrected chi connectivity index (χ0v) is 16.9. The van der Waals surface area contributed by atoms with Crippen molar-refractivity contribution in [2.45, 2.75) is 12.5 Å². The molecule has 0 bridgehead atoms. The topological polar surface area (TPSA) is 52.8 Å². The molecule has 1 heterocycles. The highest BCUT2D eigenvalue weighted by Crippen LogP contribution is 2.16. The highest BCUT2D eigenvalue weighted by molar-refractivity contribution is 14.0. The second-order valence-corrected chi connectivity index (χ2v) is 5.60. The molecular weight excluding hydrogens is 415 g/mol. The van der Waals surface area contributed by atoms with Crippen molar-refractivity contribution >= 4 is 29.9 Å². The van der Waals surface area contributed by atoms with Crippen LogP contribution in [0.4, 0.5) is 0 Å². The molecule has 2 N–H and O–H groups in total. The highest BCUT2D eigenvalue weighted by Gasteiger charge is 2.14. The van der Waals surface area contributed by atoms with E-state index in [1.807, 2.05) is 18.2 Å². The molecule has 2 aromatic rings. The maximum absolute atomic E-state index is 5.33. The minimum absolute atomic E-state index is 0. The fourth-order valence-electron chi connectivity index (χ4n) is 2.45. The predicted molar refractivity (Wildman–Crippen MR) is 110 cm³/mol. The SMILES string of the molecule is CN=C(NCCc1ccco1)NCC(c1ccccc1)N(C)C.I. The third-order valence-electron chi connectivity index (χ3n) is 3.74. The van der Waals surface area contributed by atoms with Crippen LogP contribution in [-0.2, 0) is 6.42 Å². The Labute approximate surface area is 161 Å². The van der Waals surface area contributed by atoms with Crippen molar-refractivity contribution < 1.29 is 4.42 Å². The van der Waals surface area contributed by atoms with Gasteiger partial charge >= 0.3 is 0 Å². The summed E-state index contributed by atoms with van der Waals surface area (Å²) in [7, 11) is 5.97. The van der Waals surface area contributed by atoms with E-state index in [0.29, 0.717) is 6.04 Å². The normalized spacial score (nSPS) is 12.6. The van der Waals surface area contributed by atoms with Crippen LogP contribution in [0.3, 0.4) is 0 Å². The summed E-state index contributed by atoms with van der Waals surface area (Å²) in [4.78, 5) is 6.48. The largest absolute Gasteiger partial charge is 0.469 e. The van der Waals surface area contributed by atoms with Crippen LogP contribution in [-0.4, -0.2) is 45.1 Å². The van der Waals surface area contributed by atoms with E-state index in [-0.39, 0.29) is 24.0 Å². The van der Waals surface area contributed by atoms with E-state index in [9.17, 15) is 0 Å². The van der Waals surface area contributed by atoms with Crippen molar-refractivity contribution in [3.8, 4) is 0 Å². The monoisotopic (exact) mass is 442 g/mol. The van der Waals surface area contributed by atoms with Crippen LogP contribution in [0.1, 0.15) is 17.4 Å². The summed E-state index contributed by atoms with van der Waals surface area (Å²) in [5.74, 6) is 1.78. The fraction of sp³-hybridized carbons (Fsp3) is 0.389. The number of rotatable bonds is 7. The first-order valence-electron chi connectivity index (χ1n) is 7.89. The maximum Gasteiger partial charge on any atom is 0.191 e. The second kappa shape index (κ2) is 11.1. The van der Waals surface area contributed by atoms with Gasteiger partial charge in [0.05, 0.1) is 12.3 Å². The quantitative estimate of drug-likeness (QED) is 0.394. The number of guanidine groups is 1. The van der Waals surface area contributed by atoms with Gasteiger partial charge in [0.1, 0.15) is 5.76 Å². The number of benzene rings is 1. The number of nitrogens with zero attached hydrogens (tertiary/aromatic N) is 2. The van der Waals surface area contributed by atoms with Crippen molar-refractivity contribution in [2.75, 3.05) is 34.2 Å². The summed E-state index contributed by atoms with van der Waals surface area (Å²) in [6, 6.07) is 14.7. The Kier molecular flexibility index (Phi) is 9.48. The average Bonchev–Trinajstić information content (AvgIpc) is 3.07. The minimum atomic E-state index is 0. The molecule has 6 heteroatoms. The maximum atomic E-state index is 5.33. The van der Waals surface area contributed by atoms with Crippen molar-refractivity contribution in [2.24, 2.45) is 4.99 Å². The van der Waals surface area contributed by atoms with Gasteiger partial charge in [-0.05, 0) is 31.8 Å². The summed E-state index contributed by atoms with van der Waals surface area (Å²) in [5, 5.41) is 6.71. The van der Waals surface area contributed by atoms with Crippen molar-refractivity contribution in [3.05, 3.63) is 60.1 Å². The molecule has 0 aliphatic carbocycles. The summed E-state index contributed by atoms with van der Waals surface area (Å²) in [6.07, 6.45) is 2.54. The number of hydrogen-bond donors (Lipinski definition) is 2. The zero-order valence-electron chi connectivity index (χ0n) is 14.5. The molecule has 0 saturated carbocycles. The van der Waals surface area contributed by atoms with Gasteiger partial charge in [-0.2, -0.15) is 0 Å². The Morgan fingerprint density at radius 3 is 2.46 bits per heavy atom. The Morgan fingerprint density at radius 2 is 1.88 bits per heavy atom. The summed E-state index contributed by atoms with van der Waals surface area (Å²) in [6.45, 7) is 1.57. The lowest BCUT2D eigenvalue weighted by Gasteiger charge is -2.26. The summed E-state index contributed by atoms with van der Waals surface area (Å²) < 4.78 is 5.33. The van der Waals surface area contributed by atoms with E-state index in [1.165, 1.54) is 5.56 Å². The lowest BCUT2D eigenvalue weighted by Crippen LogP contribution is -2.42. The number of furan rings is 1. The molecule has 1 atom stereocenters. The first-order chi connectivity index (χ1) is 11.2. The Morgan fingerprint density at radius 1 is 1.12 bits per heavy atom. The first-order valence-corrected chi connectivity index (χ1v) is 7.89. The molecule has 24 heavy (non-hydrogen) atoms. The highest BCUT2D eigenvalue weighted by atomic mass is 127. The number of likely N-dealkylation sites (N-methyl/N-ethyl adjacent to an activating group) is 1. The van der Waals surface area contributed by atoms with Crippen LogP contribution < -0.4 is 10.6 Å². The van der Waals surface area contributed by atoms with E-state index in [1.54, 1.807) is 13.3 Å². The Bertz CT molecular complexity index is 584. The van der Waals surface area contributed by atoms with E-state index >= 15 is 0 Å². The number of aliphatic imine (C=N–C) groups is 1. The number of nitrogens with one attached hydrogen (secondary N) is 2. The van der Waals surface area contributed by atoms with Gasteiger partial charge in [0.2, 0.25) is 0 Å². The van der Waals surface area contributed by atoms with Crippen LogP contribution >= 0.6 is 24.0 Å². The van der Waals surface area contributed by atoms with E-state index in [0.717, 1.165) is 31.2 Å². The second-order valence-electron chi connectivity index (χ2n) is 5.60. The number of halogens is 1. The molecule has 1 unspecified atom stereocenters. The Hall–Kier alpha value is -1.54. The van der Waals surface area contributed by atoms with E-state index < -0.39 is 0 Å². The molecule has 2 rings (SSSR count). The fourth-order valence-corrected chi connectivity index (χ4v) is 2.45. The summed E-state index contributed by atoms with van der Waals surface area (Å²) >= 11 is 0. The molecule has 1 aromatic heterocycles. The smallest absolute Gasteiger partial charge is 0.191 e. The van der Waals surface area contributed by atoms with Crippen LogP contribution in [0.2, 0.25) is 0 Å². The molecule has 132 valence electrons. The number of hydrogen-bond acceptors (Lipinski definition) is 3. The Balaban J connectivity index is 0.00000288. The molecule has 5 nitrogen and oxygen atoms in total. The van der Waals surface area contributed by atoms with Gasteiger partial charge in [-0.1, -0.05) is 30.3 Å². The van der Waals surface area contributed by atoms with Gasteiger partial charge in [0.25, 0.3) is 0 Å². The first kappa shape index (κ1) is 20.5. The van der Waals surface area contributed by atoms with Gasteiger partial charge < -0.3 is 20.0 Å². The van der Waals surface area contributed by atoms with Crippen LogP contribution in [0.15, 0.2) is 58.1 Å². The molecule has 0 fully saturated rings. The lowest BCUT2D eigenvalue weighted by molar-refractivity contribution is 0.298. The molecular formula is C18H27IN4O. The van der Waals surface area contributed by atoms with Crippen LogP contribution in [0.5, 0.6) is 0 Å². The minimum Gasteiger partial charge on any atom is -0.469 e. The lowest BCUT2D eigenvalue weighted by atomic mass is 10.1. The molecule has 0 amide bonds. The molecule has 0 radical (unpaired) electrons. The molecule has 0 aliphatic rings. The van der Waals surface area contributed by atoms with Gasteiger partial charge in [-0.25, -0.2) is 0 Å².